The number of carbonyl (C=O) groups is 1. The molecule has 0 fully saturated rings. The van der Waals surface area contributed by atoms with E-state index in [-0.39, 0.29) is 6.54 Å². The van der Waals surface area contributed by atoms with Crippen LogP contribution in [0.3, 0.4) is 0 Å². The van der Waals surface area contributed by atoms with E-state index in [9.17, 15) is 4.79 Å². The summed E-state index contributed by atoms with van der Waals surface area (Å²) >= 11 is 0. The molecule has 5 heteroatoms. The van der Waals surface area contributed by atoms with Gasteiger partial charge in [-0.3, -0.25) is 4.79 Å². The number of rotatable bonds is 3. The second-order valence-electron chi connectivity index (χ2n) is 2.64. The zero-order chi connectivity index (χ0) is 9.84. The van der Waals surface area contributed by atoms with Crippen molar-refractivity contribution in [1.82, 2.24) is 4.98 Å². The van der Waals surface area contributed by atoms with E-state index >= 15 is 0 Å². The molecular formula is C8H12N2O3. The first-order valence-electron chi connectivity index (χ1n) is 3.89. The van der Waals surface area contributed by atoms with Crippen molar-refractivity contribution in [3.05, 3.63) is 17.8 Å². The van der Waals surface area contributed by atoms with E-state index in [1.807, 2.05) is 0 Å². The van der Waals surface area contributed by atoms with E-state index < -0.39 is 11.9 Å². The van der Waals surface area contributed by atoms with Crippen LogP contribution in [0.25, 0.3) is 0 Å². The highest BCUT2D eigenvalue weighted by molar-refractivity contribution is 5.76. The maximum atomic E-state index is 11.2. The molecule has 1 heterocycles. The molecule has 1 aromatic rings. The van der Waals surface area contributed by atoms with Crippen molar-refractivity contribution < 1.29 is 13.9 Å². The lowest BCUT2D eigenvalue weighted by Crippen LogP contribution is -2.23. The van der Waals surface area contributed by atoms with Crippen LogP contribution in [0, 0.1) is 6.92 Å². The summed E-state index contributed by atoms with van der Waals surface area (Å²) < 4.78 is 9.60. The Kier molecular flexibility index (Phi) is 3.02. The Hall–Kier alpha value is -1.36. The molecule has 0 radical (unpaired) electrons. The van der Waals surface area contributed by atoms with Crippen molar-refractivity contribution in [3.8, 4) is 0 Å². The largest absolute Gasteiger partial charge is 0.468 e. The fourth-order valence-corrected chi connectivity index (χ4v) is 0.972. The van der Waals surface area contributed by atoms with E-state index in [1.54, 1.807) is 6.92 Å². The lowest BCUT2D eigenvalue weighted by atomic mass is 10.1. The van der Waals surface area contributed by atoms with Crippen molar-refractivity contribution in [2.45, 2.75) is 12.8 Å². The molecule has 0 bridgehead atoms. The molecule has 0 aromatic carbocycles. The molecule has 1 atom stereocenters. The second kappa shape index (κ2) is 4.04. The fraction of sp³-hybridized carbons (Fsp3) is 0.500. The predicted molar refractivity (Wildman–Crippen MR) is 45.1 cm³/mol. The SMILES string of the molecule is COC(=O)C(CN)c1nc(C)co1. The average molecular weight is 184 g/mol. The van der Waals surface area contributed by atoms with Crippen LogP contribution in [0.1, 0.15) is 17.5 Å². The highest BCUT2D eigenvalue weighted by Crippen LogP contribution is 2.14. The molecule has 13 heavy (non-hydrogen) atoms. The molecule has 0 aliphatic rings. The summed E-state index contributed by atoms with van der Waals surface area (Å²) in [6.45, 7) is 1.91. The van der Waals surface area contributed by atoms with Gasteiger partial charge in [-0.1, -0.05) is 0 Å². The predicted octanol–water partition coefficient (Wildman–Crippen LogP) is 0.198. The Bertz CT molecular complexity index is 295. The first kappa shape index (κ1) is 9.73. The normalized spacial score (nSPS) is 12.5. The number of ether oxygens (including phenoxy) is 1. The molecule has 1 rings (SSSR count). The summed E-state index contributed by atoms with van der Waals surface area (Å²) in [5, 5.41) is 0. The van der Waals surface area contributed by atoms with Crippen molar-refractivity contribution >= 4 is 5.97 Å². The number of nitrogens with two attached hydrogens (primary N) is 1. The van der Waals surface area contributed by atoms with E-state index in [2.05, 4.69) is 9.72 Å². The number of oxazole rings is 1. The molecule has 0 saturated heterocycles. The quantitative estimate of drug-likeness (QED) is 0.679. The van der Waals surface area contributed by atoms with Gasteiger partial charge in [0.05, 0.1) is 12.8 Å². The van der Waals surface area contributed by atoms with Crippen LogP contribution >= 0.6 is 0 Å². The second-order valence-corrected chi connectivity index (χ2v) is 2.64. The van der Waals surface area contributed by atoms with Gasteiger partial charge in [0.2, 0.25) is 5.89 Å². The monoisotopic (exact) mass is 184 g/mol. The minimum Gasteiger partial charge on any atom is -0.468 e. The number of aromatic nitrogens is 1. The van der Waals surface area contributed by atoms with Gasteiger partial charge in [-0.25, -0.2) is 4.98 Å². The Balaban J connectivity index is 2.84. The first-order chi connectivity index (χ1) is 6.19. The van der Waals surface area contributed by atoms with Gasteiger partial charge in [0.25, 0.3) is 0 Å². The topological polar surface area (TPSA) is 78.4 Å². The van der Waals surface area contributed by atoms with E-state index in [0.717, 1.165) is 5.69 Å². The highest BCUT2D eigenvalue weighted by Gasteiger charge is 2.24. The zero-order valence-corrected chi connectivity index (χ0v) is 7.61. The number of nitrogens with zero attached hydrogens (tertiary/aromatic N) is 1. The number of aryl methyl sites for hydroxylation is 1. The van der Waals surface area contributed by atoms with Gasteiger partial charge < -0.3 is 14.9 Å². The third-order valence-corrected chi connectivity index (χ3v) is 1.66. The number of hydrogen-bond acceptors (Lipinski definition) is 5. The van der Waals surface area contributed by atoms with Crippen molar-refractivity contribution in [1.29, 1.82) is 0 Å². The maximum absolute atomic E-state index is 11.2. The van der Waals surface area contributed by atoms with Crippen LogP contribution in [0.2, 0.25) is 0 Å². The summed E-state index contributed by atoms with van der Waals surface area (Å²) in [5.41, 5.74) is 6.11. The summed E-state index contributed by atoms with van der Waals surface area (Å²) in [7, 11) is 1.31. The molecule has 0 spiro atoms. The summed E-state index contributed by atoms with van der Waals surface area (Å²) in [5.74, 6) is -0.713. The van der Waals surface area contributed by atoms with Gasteiger partial charge in [0.1, 0.15) is 12.2 Å². The minimum absolute atomic E-state index is 0.132. The highest BCUT2D eigenvalue weighted by atomic mass is 16.5. The van der Waals surface area contributed by atoms with Gasteiger partial charge >= 0.3 is 5.97 Å². The Labute approximate surface area is 75.9 Å². The molecule has 5 nitrogen and oxygen atoms in total. The molecule has 1 aromatic heterocycles. The number of carbonyl (C=O) groups excluding carboxylic acids is 1. The maximum Gasteiger partial charge on any atom is 0.319 e. The minimum atomic E-state index is -0.598. The molecule has 0 amide bonds. The van der Waals surface area contributed by atoms with E-state index in [4.69, 9.17) is 10.2 Å². The Morgan fingerprint density at radius 3 is 2.92 bits per heavy atom. The van der Waals surface area contributed by atoms with Crippen LogP contribution in [0.4, 0.5) is 0 Å². The van der Waals surface area contributed by atoms with Gasteiger partial charge in [0, 0.05) is 6.54 Å². The van der Waals surface area contributed by atoms with Crippen LogP contribution in [0.15, 0.2) is 10.7 Å². The first-order valence-corrected chi connectivity index (χ1v) is 3.89. The number of hydrogen-bond donors (Lipinski definition) is 1. The average Bonchev–Trinajstić information content (AvgIpc) is 2.53. The van der Waals surface area contributed by atoms with Crippen LogP contribution in [-0.4, -0.2) is 24.6 Å². The standard InChI is InChI=1S/C8H12N2O3/c1-5-4-13-7(10-5)6(3-9)8(11)12-2/h4,6H,3,9H2,1-2H3. The molecule has 2 N–H and O–H groups in total. The molecule has 0 saturated carbocycles. The number of methoxy groups -OCH3 is 1. The molecule has 0 aliphatic carbocycles. The van der Waals surface area contributed by atoms with Gasteiger partial charge in [-0.2, -0.15) is 0 Å². The number of esters is 1. The molecule has 1 unspecified atom stereocenters. The summed E-state index contributed by atoms with van der Waals surface area (Å²) in [6, 6.07) is 0. The summed E-state index contributed by atoms with van der Waals surface area (Å²) in [6.07, 6.45) is 1.47. The third kappa shape index (κ3) is 2.06. The van der Waals surface area contributed by atoms with E-state index in [1.165, 1.54) is 13.4 Å². The van der Waals surface area contributed by atoms with Gasteiger partial charge in [-0.15, -0.1) is 0 Å². The molecular weight excluding hydrogens is 172 g/mol. The van der Waals surface area contributed by atoms with Gasteiger partial charge in [0.15, 0.2) is 0 Å². The van der Waals surface area contributed by atoms with Crippen LogP contribution < -0.4 is 5.73 Å². The third-order valence-electron chi connectivity index (χ3n) is 1.66. The van der Waals surface area contributed by atoms with Gasteiger partial charge in [-0.05, 0) is 6.92 Å². The van der Waals surface area contributed by atoms with Crippen LogP contribution in [-0.2, 0) is 9.53 Å². The fourth-order valence-electron chi connectivity index (χ4n) is 0.972. The van der Waals surface area contributed by atoms with Crippen molar-refractivity contribution in [2.24, 2.45) is 5.73 Å². The van der Waals surface area contributed by atoms with Crippen LogP contribution in [0.5, 0.6) is 0 Å². The van der Waals surface area contributed by atoms with Crippen molar-refractivity contribution in [2.75, 3.05) is 13.7 Å². The lowest BCUT2D eigenvalue weighted by molar-refractivity contribution is -0.142. The summed E-state index contributed by atoms with van der Waals surface area (Å²) in [4.78, 5) is 15.2. The van der Waals surface area contributed by atoms with E-state index in [0.29, 0.717) is 5.89 Å². The Morgan fingerprint density at radius 1 is 1.85 bits per heavy atom. The Morgan fingerprint density at radius 2 is 2.54 bits per heavy atom. The lowest BCUT2D eigenvalue weighted by Gasteiger charge is -2.06. The molecule has 0 aliphatic heterocycles. The molecule has 72 valence electrons. The zero-order valence-electron chi connectivity index (χ0n) is 7.61. The smallest absolute Gasteiger partial charge is 0.319 e. The van der Waals surface area contributed by atoms with Crippen molar-refractivity contribution in [3.63, 3.8) is 0 Å².